The highest BCUT2D eigenvalue weighted by atomic mass is 16.5. The Morgan fingerprint density at radius 1 is 1.26 bits per heavy atom. The van der Waals surface area contributed by atoms with Crippen molar-refractivity contribution in [2.24, 2.45) is 0 Å². The summed E-state index contributed by atoms with van der Waals surface area (Å²) in [5, 5.41) is 0. The first-order chi connectivity index (χ1) is 9.08. The molecule has 0 saturated carbocycles. The minimum Gasteiger partial charge on any atom is -0.466 e. The van der Waals surface area contributed by atoms with Crippen molar-refractivity contribution in [3.8, 4) is 0 Å². The minimum atomic E-state index is -0.246. The Bertz CT molecular complexity index is 493. The second-order valence-electron chi connectivity index (χ2n) is 4.72. The summed E-state index contributed by atoms with van der Waals surface area (Å²) in [6.07, 6.45) is 1.71. The van der Waals surface area contributed by atoms with Crippen molar-refractivity contribution in [3.05, 3.63) is 34.9 Å². The molecule has 1 unspecified atom stereocenters. The van der Waals surface area contributed by atoms with Gasteiger partial charge in [0, 0.05) is 19.8 Å². The van der Waals surface area contributed by atoms with Crippen molar-refractivity contribution in [1.29, 1.82) is 0 Å². The van der Waals surface area contributed by atoms with E-state index in [4.69, 9.17) is 9.47 Å². The van der Waals surface area contributed by atoms with Crippen LogP contribution in [-0.4, -0.2) is 24.6 Å². The summed E-state index contributed by atoms with van der Waals surface area (Å²) in [6, 6.07) is 5.95. The van der Waals surface area contributed by atoms with Gasteiger partial charge in [-0.1, -0.05) is 18.2 Å². The molecular weight excluding hydrogens is 244 g/mol. The zero-order valence-electron chi connectivity index (χ0n) is 11.3. The molecule has 0 saturated heterocycles. The van der Waals surface area contributed by atoms with Crippen LogP contribution in [-0.2, 0) is 38.3 Å². The van der Waals surface area contributed by atoms with E-state index in [1.165, 1.54) is 12.5 Å². The zero-order chi connectivity index (χ0) is 13.8. The zero-order valence-corrected chi connectivity index (χ0v) is 11.3. The number of esters is 2. The predicted molar refractivity (Wildman–Crippen MR) is 69.7 cm³/mol. The summed E-state index contributed by atoms with van der Waals surface area (Å²) in [6.45, 7) is 3.62. The molecular formula is C15H18O4. The highest BCUT2D eigenvalue weighted by Crippen LogP contribution is 2.25. The van der Waals surface area contributed by atoms with Gasteiger partial charge in [-0.2, -0.15) is 0 Å². The van der Waals surface area contributed by atoms with Crippen LogP contribution >= 0.6 is 0 Å². The normalized spacial score (nSPS) is 16.8. The van der Waals surface area contributed by atoms with Crippen LogP contribution in [0, 0.1) is 0 Å². The monoisotopic (exact) mass is 262 g/mol. The standard InChI is InChI=1S/C15H18O4/c1-3-18-15(17)7-11-4-5-12-8-14(19-10(2)16)9-13(12)6-11/h4-6,14H,3,7-9H2,1-2H3. The number of ether oxygens (including phenoxy) is 2. The van der Waals surface area contributed by atoms with E-state index in [1.807, 2.05) is 18.2 Å². The average molecular weight is 262 g/mol. The summed E-state index contributed by atoms with van der Waals surface area (Å²) in [5.41, 5.74) is 3.30. The molecule has 19 heavy (non-hydrogen) atoms. The number of hydrogen-bond acceptors (Lipinski definition) is 4. The number of benzene rings is 1. The van der Waals surface area contributed by atoms with Gasteiger partial charge in [-0.05, 0) is 23.6 Å². The summed E-state index contributed by atoms with van der Waals surface area (Å²) in [5.74, 6) is -0.457. The first-order valence-corrected chi connectivity index (χ1v) is 6.52. The SMILES string of the molecule is CCOC(=O)Cc1ccc2c(c1)CC(OC(C)=O)C2. The van der Waals surface area contributed by atoms with Crippen LogP contribution in [0.1, 0.15) is 30.5 Å². The van der Waals surface area contributed by atoms with Gasteiger partial charge in [-0.15, -0.1) is 0 Å². The van der Waals surface area contributed by atoms with Crippen molar-refractivity contribution in [3.63, 3.8) is 0 Å². The highest BCUT2D eigenvalue weighted by molar-refractivity contribution is 5.72. The van der Waals surface area contributed by atoms with Gasteiger partial charge in [0.05, 0.1) is 13.0 Å². The lowest BCUT2D eigenvalue weighted by Gasteiger charge is -2.08. The first-order valence-electron chi connectivity index (χ1n) is 6.52. The lowest BCUT2D eigenvalue weighted by Crippen LogP contribution is -2.15. The van der Waals surface area contributed by atoms with Gasteiger partial charge >= 0.3 is 11.9 Å². The van der Waals surface area contributed by atoms with Crippen molar-refractivity contribution >= 4 is 11.9 Å². The summed E-state index contributed by atoms with van der Waals surface area (Å²) in [4.78, 5) is 22.4. The van der Waals surface area contributed by atoms with E-state index in [1.54, 1.807) is 6.92 Å². The molecule has 4 nitrogen and oxygen atoms in total. The molecule has 0 amide bonds. The van der Waals surface area contributed by atoms with Crippen LogP contribution in [0.4, 0.5) is 0 Å². The molecule has 0 aliphatic heterocycles. The molecule has 0 radical (unpaired) electrons. The molecule has 1 atom stereocenters. The van der Waals surface area contributed by atoms with Crippen LogP contribution in [0.3, 0.4) is 0 Å². The van der Waals surface area contributed by atoms with Crippen LogP contribution in [0.15, 0.2) is 18.2 Å². The van der Waals surface area contributed by atoms with E-state index in [-0.39, 0.29) is 18.0 Å². The molecule has 4 heteroatoms. The lowest BCUT2D eigenvalue weighted by atomic mass is 10.0. The number of hydrogen-bond donors (Lipinski definition) is 0. The Hall–Kier alpha value is -1.84. The Balaban J connectivity index is 2.02. The maximum absolute atomic E-state index is 11.4. The van der Waals surface area contributed by atoms with Gasteiger partial charge in [0.25, 0.3) is 0 Å². The molecule has 1 aliphatic carbocycles. The fraction of sp³-hybridized carbons (Fsp3) is 0.467. The Morgan fingerprint density at radius 3 is 2.68 bits per heavy atom. The van der Waals surface area contributed by atoms with E-state index in [0.717, 1.165) is 24.0 Å². The van der Waals surface area contributed by atoms with E-state index < -0.39 is 0 Å². The maximum Gasteiger partial charge on any atom is 0.310 e. The summed E-state index contributed by atoms with van der Waals surface area (Å²) in [7, 11) is 0. The summed E-state index contributed by atoms with van der Waals surface area (Å²) < 4.78 is 10.2. The van der Waals surface area contributed by atoms with E-state index in [0.29, 0.717) is 13.0 Å². The smallest absolute Gasteiger partial charge is 0.310 e. The number of carbonyl (C=O) groups excluding carboxylic acids is 2. The fourth-order valence-electron chi connectivity index (χ4n) is 2.44. The molecule has 0 fully saturated rings. The molecule has 102 valence electrons. The van der Waals surface area contributed by atoms with E-state index in [9.17, 15) is 9.59 Å². The lowest BCUT2D eigenvalue weighted by molar-refractivity contribution is -0.146. The fourth-order valence-corrected chi connectivity index (χ4v) is 2.44. The molecule has 1 aromatic rings. The first kappa shape index (κ1) is 13.6. The molecule has 0 N–H and O–H groups in total. The minimum absolute atomic E-state index is 0.0645. The second kappa shape index (κ2) is 5.87. The second-order valence-corrected chi connectivity index (χ2v) is 4.72. The molecule has 0 bridgehead atoms. The Morgan fingerprint density at radius 2 is 2.00 bits per heavy atom. The van der Waals surface area contributed by atoms with E-state index in [2.05, 4.69) is 0 Å². The molecule has 1 aliphatic rings. The highest BCUT2D eigenvalue weighted by Gasteiger charge is 2.24. The van der Waals surface area contributed by atoms with Crippen molar-refractivity contribution in [2.45, 2.75) is 39.2 Å². The molecule has 0 aromatic heterocycles. The van der Waals surface area contributed by atoms with Crippen molar-refractivity contribution in [2.75, 3.05) is 6.61 Å². The number of fused-ring (bicyclic) bond motifs is 1. The van der Waals surface area contributed by atoms with Crippen molar-refractivity contribution in [1.82, 2.24) is 0 Å². The molecule has 0 spiro atoms. The third-order valence-electron chi connectivity index (χ3n) is 3.15. The van der Waals surface area contributed by atoms with Crippen molar-refractivity contribution < 1.29 is 19.1 Å². The molecule has 1 aromatic carbocycles. The van der Waals surface area contributed by atoms with Crippen LogP contribution in [0.5, 0.6) is 0 Å². The summed E-state index contributed by atoms with van der Waals surface area (Å²) >= 11 is 0. The quantitative estimate of drug-likeness (QED) is 0.777. The largest absolute Gasteiger partial charge is 0.466 e. The molecule has 2 rings (SSSR count). The Kier molecular flexibility index (Phi) is 4.20. The van der Waals surface area contributed by atoms with Crippen LogP contribution < -0.4 is 0 Å². The van der Waals surface area contributed by atoms with Gasteiger partial charge in [-0.25, -0.2) is 0 Å². The average Bonchev–Trinajstić information content (AvgIpc) is 2.69. The van der Waals surface area contributed by atoms with Gasteiger partial charge in [0.15, 0.2) is 0 Å². The van der Waals surface area contributed by atoms with Gasteiger partial charge in [0.1, 0.15) is 6.10 Å². The van der Waals surface area contributed by atoms with Gasteiger partial charge in [0.2, 0.25) is 0 Å². The number of carbonyl (C=O) groups is 2. The van der Waals surface area contributed by atoms with Crippen LogP contribution in [0.2, 0.25) is 0 Å². The molecule has 0 heterocycles. The topological polar surface area (TPSA) is 52.6 Å². The Labute approximate surface area is 112 Å². The predicted octanol–water partition coefficient (Wildman–Crippen LogP) is 1.82. The maximum atomic E-state index is 11.4. The van der Waals surface area contributed by atoms with E-state index >= 15 is 0 Å². The van der Waals surface area contributed by atoms with Gasteiger partial charge in [-0.3, -0.25) is 9.59 Å². The van der Waals surface area contributed by atoms with Crippen LogP contribution in [0.25, 0.3) is 0 Å². The third kappa shape index (κ3) is 3.56. The third-order valence-corrected chi connectivity index (χ3v) is 3.15. The van der Waals surface area contributed by atoms with Gasteiger partial charge < -0.3 is 9.47 Å². The number of rotatable bonds is 4.